The van der Waals surface area contributed by atoms with Gasteiger partial charge in [0.1, 0.15) is 6.61 Å². The van der Waals surface area contributed by atoms with E-state index in [1.165, 1.54) is 0 Å². The smallest absolute Gasteiger partial charge is 0.264 e. The van der Waals surface area contributed by atoms with E-state index >= 15 is 0 Å². The fourth-order valence-corrected chi connectivity index (χ4v) is 6.28. The second-order valence-electron chi connectivity index (χ2n) is 7.08. The van der Waals surface area contributed by atoms with E-state index in [4.69, 9.17) is 0 Å². The SMILES string of the molecule is Cc1c[n+](CCO)c(/C=C2\Sc3ccc4ccccc4c3N2CCCS(=O)(=O)[O-])s1. The Kier molecular flexibility index (Phi) is 6.17. The highest BCUT2D eigenvalue weighted by Crippen LogP contribution is 2.50. The zero-order valence-corrected chi connectivity index (χ0v) is 18.9. The first kappa shape index (κ1) is 21.3. The van der Waals surface area contributed by atoms with Crippen LogP contribution in [0.4, 0.5) is 5.69 Å². The van der Waals surface area contributed by atoms with Gasteiger partial charge in [-0.3, -0.25) is 0 Å². The molecule has 0 unspecified atom stereocenters. The molecule has 0 atom stereocenters. The first-order valence-corrected chi connectivity index (χ1v) is 12.8. The van der Waals surface area contributed by atoms with E-state index in [9.17, 15) is 18.1 Å². The average Bonchev–Trinajstić information content (AvgIpc) is 3.21. The van der Waals surface area contributed by atoms with E-state index in [-0.39, 0.29) is 18.8 Å². The third kappa shape index (κ3) is 4.55. The molecule has 4 rings (SSSR count). The zero-order chi connectivity index (χ0) is 21.3. The Morgan fingerprint density at radius 3 is 2.80 bits per heavy atom. The van der Waals surface area contributed by atoms with E-state index < -0.39 is 10.1 Å². The number of hydrogen-bond donors (Lipinski definition) is 1. The predicted octanol–water partition coefficient (Wildman–Crippen LogP) is 3.34. The van der Waals surface area contributed by atoms with Crippen molar-refractivity contribution in [1.82, 2.24) is 0 Å². The molecule has 158 valence electrons. The Morgan fingerprint density at radius 2 is 2.03 bits per heavy atom. The number of nitrogens with zero attached hydrogens (tertiary/aromatic N) is 2. The van der Waals surface area contributed by atoms with Gasteiger partial charge in [-0.1, -0.05) is 53.4 Å². The summed E-state index contributed by atoms with van der Waals surface area (Å²) in [6, 6.07) is 12.3. The molecule has 0 spiro atoms. The van der Waals surface area contributed by atoms with Gasteiger partial charge in [-0.25, -0.2) is 8.42 Å². The van der Waals surface area contributed by atoms with Crippen molar-refractivity contribution in [2.75, 3.05) is 23.8 Å². The Labute approximate surface area is 184 Å². The number of anilines is 1. The van der Waals surface area contributed by atoms with Crippen molar-refractivity contribution in [3.63, 3.8) is 0 Å². The summed E-state index contributed by atoms with van der Waals surface area (Å²) in [5.74, 6) is -0.385. The molecule has 1 aliphatic heterocycles. The lowest BCUT2D eigenvalue weighted by atomic mass is 10.1. The van der Waals surface area contributed by atoms with E-state index in [1.807, 2.05) is 29.8 Å². The van der Waals surface area contributed by atoms with Crippen LogP contribution in [0.2, 0.25) is 0 Å². The lowest BCUT2D eigenvalue weighted by molar-refractivity contribution is -0.695. The van der Waals surface area contributed by atoms with Crippen molar-refractivity contribution in [3.05, 3.63) is 57.5 Å². The third-order valence-electron chi connectivity index (χ3n) is 4.86. The molecule has 0 saturated heterocycles. The molecule has 3 aromatic rings. The van der Waals surface area contributed by atoms with Crippen molar-refractivity contribution in [2.24, 2.45) is 0 Å². The molecule has 2 heterocycles. The maximum atomic E-state index is 11.1. The monoisotopic (exact) mass is 462 g/mol. The van der Waals surface area contributed by atoms with E-state index in [0.29, 0.717) is 13.1 Å². The highest BCUT2D eigenvalue weighted by molar-refractivity contribution is 8.04. The van der Waals surface area contributed by atoms with Gasteiger partial charge in [0, 0.05) is 22.6 Å². The van der Waals surface area contributed by atoms with Gasteiger partial charge in [0.05, 0.1) is 31.8 Å². The summed E-state index contributed by atoms with van der Waals surface area (Å²) >= 11 is 3.28. The molecule has 0 saturated carbocycles. The molecule has 1 aromatic heterocycles. The number of hydrogen-bond acceptors (Lipinski definition) is 7. The highest BCUT2D eigenvalue weighted by Gasteiger charge is 2.28. The van der Waals surface area contributed by atoms with Gasteiger partial charge in [0.15, 0.2) is 12.7 Å². The molecule has 0 radical (unpaired) electrons. The van der Waals surface area contributed by atoms with Crippen LogP contribution in [0.3, 0.4) is 0 Å². The fraction of sp³-hybridized carbons (Fsp3) is 0.286. The standard InChI is InChI=1S/C21H22N2O4S3/c1-15-14-22(10-11-24)19(28-15)13-20-23(9-4-12-30(25,26)27)21-17-6-3-2-5-16(17)7-8-18(21)29-20/h2-3,5-8,13-14,24H,4,9-12H2,1H3. The molecule has 0 amide bonds. The molecule has 1 aliphatic rings. The first-order valence-electron chi connectivity index (χ1n) is 9.59. The summed E-state index contributed by atoms with van der Waals surface area (Å²) in [5.41, 5.74) is 1.05. The van der Waals surface area contributed by atoms with E-state index in [1.54, 1.807) is 23.1 Å². The van der Waals surface area contributed by atoms with Crippen LogP contribution in [0.25, 0.3) is 16.8 Å². The maximum absolute atomic E-state index is 11.1. The minimum atomic E-state index is -4.26. The Hall–Kier alpha value is -1.91. The van der Waals surface area contributed by atoms with Gasteiger partial charge in [-0.15, -0.1) is 0 Å². The van der Waals surface area contributed by atoms with Crippen LogP contribution >= 0.6 is 23.1 Å². The number of aryl methyl sites for hydroxylation is 1. The van der Waals surface area contributed by atoms with Crippen molar-refractivity contribution in [3.8, 4) is 0 Å². The van der Waals surface area contributed by atoms with Crippen molar-refractivity contribution in [1.29, 1.82) is 0 Å². The van der Waals surface area contributed by atoms with E-state index in [0.717, 1.165) is 36.3 Å². The first-order chi connectivity index (χ1) is 14.4. The van der Waals surface area contributed by atoms with Crippen molar-refractivity contribution >= 4 is 55.8 Å². The highest BCUT2D eigenvalue weighted by atomic mass is 32.2. The number of aliphatic hydroxyl groups excluding tert-OH is 1. The lowest BCUT2D eigenvalue weighted by Gasteiger charge is -2.22. The minimum Gasteiger partial charge on any atom is -0.748 e. The van der Waals surface area contributed by atoms with Gasteiger partial charge in [-0.2, -0.15) is 4.57 Å². The van der Waals surface area contributed by atoms with Gasteiger partial charge >= 0.3 is 0 Å². The van der Waals surface area contributed by atoms with E-state index in [2.05, 4.69) is 35.2 Å². The predicted molar refractivity (Wildman–Crippen MR) is 121 cm³/mol. The molecule has 2 aromatic carbocycles. The lowest BCUT2D eigenvalue weighted by Crippen LogP contribution is -2.36. The van der Waals surface area contributed by atoms with Crippen LogP contribution in [0.1, 0.15) is 16.3 Å². The molecule has 1 N–H and O–H groups in total. The summed E-state index contributed by atoms with van der Waals surface area (Å²) in [6.07, 6.45) is 4.36. The average molecular weight is 463 g/mol. The van der Waals surface area contributed by atoms with Crippen LogP contribution in [0.5, 0.6) is 0 Å². The number of thiazole rings is 1. The van der Waals surface area contributed by atoms with Gasteiger partial charge in [0.25, 0.3) is 5.01 Å². The molecule has 0 aliphatic carbocycles. The number of rotatable bonds is 7. The Bertz CT molecular complexity index is 1220. The normalized spacial score (nSPS) is 15.3. The number of thioether (sulfide) groups is 1. The second-order valence-corrected chi connectivity index (χ2v) is 10.9. The number of aromatic nitrogens is 1. The fourth-order valence-electron chi connectivity index (χ4n) is 3.64. The molecule has 0 fully saturated rings. The van der Waals surface area contributed by atoms with Gasteiger partial charge in [-0.05, 0) is 24.8 Å². The third-order valence-corrected chi connectivity index (χ3v) is 7.74. The topological polar surface area (TPSA) is 84.5 Å². The summed E-state index contributed by atoms with van der Waals surface area (Å²) < 4.78 is 35.4. The number of fused-ring (bicyclic) bond motifs is 3. The molecule has 30 heavy (non-hydrogen) atoms. The summed E-state index contributed by atoms with van der Waals surface area (Å²) in [7, 11) is -4.26. The van der Waals surface area contributed by atoms with Gasteiger partial charge < -0.3 is 14.6 Å². The van der Waals surface area contributed by atoms with Crippen LogP contribution in [0, 0.1) is 6.92 Å². The minimum absolute atomic E-state index is 0.0556. The molecular weight excluding hydrogens is 440 g/mol. The second kappa shape index (κ2) is 8.68. The quantitative estimate of drug-likeness (QED) is 0.428. The largest absolute Gasteiger partial charge is 0.748 e. The molecular formula is C21H22N2O4S3. The summed E-state index contributed by atoms with van der Waals surface area (Å²) in [5, 5.41) is 13.6. The van der Waals surface area contributed by atoms with Crippen LogP contribution in [-0.2, 0) is 16.7 Å². The molecule has 9 heteroatoms. The zero-order valence-electron chi connectivity index (χ0n) is 16.4. The molecule has 0 bridgehead atoms. The van der Waals surface area contributed by atoms with Crippen LogP contribution < -0.4 is 9.47 Å². The summed E-state index contributed by atoms with van der Waals surface area (Å²) in [6.45, 7) is 3.03. The Morgan fingerprint density at radius 1 is 1.23 bits per heavy atom. The van der Waals surface area contributed by atoms with Crippen LogP contribution in [-0.4, -0.2) is 37.0 Å². The van der Waals surface area contributed by atoms with Gasteiger partial charge in [0.2, 0.25) is 0 Å². The number of aliphatic hydroxyl groups is 1. The summed E-state index contributed by atoms with van der Waals surface area (Å²) in [4.78, 5) is 4.36. The number of benzene rings is 2. The Balaban J connectivity index is 1.77. The van der Waals surface area contributed by atoms with Crippen molar-refractivity contribution in [2.45, 2.75) is 24.8 Å². The molecule has 6 nitrogen and oxygen atoms in total. The van der Waals surface area contributed by atoms with Crippen molar-refractivity contribution < 1.29 is 22.6 Å². The van der Waals surface area contributed by atoms with Crippen LogP contribution in [0.15, 0.2) is 52.5 Å². The maximum Gasteiger partial charge on any atom is 0.264 e.